The van der Waals surface area contributed by atoms with Crippen molar-refractivity contribution in [3.05, 3.63) is 48.0 Å². The molecule has 1 unspecified atom stereocenters. The van der Waals surface area contributed by atoms with Crippen LogP contribution in [0, 0.1) is 5.82 Å². The van der Waals surface area contributed by atoms with Crippen molar-refractivity contribution in [2.75, 3.05) is 12.3 Å². The summed E-state index contributed by atoms with van der Waals surface area (Å²) in [5.41, 5.74) is 0.908. The summed E-state index contributed by atoms with van der Waals surface area (Å²) in [5.74, 6) is 2.79. The number of furan rings is 1. The topological polar surface area (TPSA) is 25.2 Å². The molecule has 0 spiro atoms. The van der Waals surface area contributed by atoms with E-state index in [1.807, 2.05) is 12.1 Å². The average molecular weight is 305 g/mol. The van der Waals surface area contributed by atoms with Crippen LogP contribution in [0.25, 0.3) is 11.3 Å². The van der Waals surface area contributed by atoms with Crippen LogP contribution in [0.2, 0.25) is 0 Å². The van der Waals surface area contributed by atoms with Gasteiger partial charge in [-0.25, -0.2) is 4.39 Å². The third-order valence-corrected chi connectivity index (χ3v) is 5.13. The molecule has 1 aliphatic rings. The highest BCUT2D eigenvalue weighted by molar-refractivity contribution is 7.99. The third kappa shape index (κ3) is 4.11. The van der Waals surface area contributed by atoms with Gasteiger partial charge in [-0.1, -0.05) is 6.42 Å². The van der Waals surface area contributed by atoms with Gasteiger partial charge in [0.15, 0.2) is 0 Å². The Labute approximate surface area is 129 Å². The van der Waals surface area contributed by atoms with Crippen LogP contribution in [0.1, 0.15) is 25.0 Å². The molecule has 1 fully saturated rings. The van der Waals surface area contributed by atoms with Gasteiger partial charge in [0.2, 0.25) is 0 Å². The van der Waals surface area contributed by atoms with E-state index in [9.17, 15) is 4.39 Å². The zero-order valence-electron chi connectivity index (χ0n) is 12.0. The lowest BCUT2D eigenvalue weighted by atomic mass is 10.2. The summed E-state index contributed by atoms with van der Waals surface area (Å²) < 4.78 is 18.7. The Hall–Kier alpha value is -1.26. The Balaban J connectivity index is 1.51. The summed E-state index contributed by atoms with van der Waals surface area (Å²) in [6.45, 7) is 1.79. The molecular formula is C17H20FNOS. The molecule has 0 amide bonds. The molecular weight excluding hydrogens is 285 g/mol. The number of benzene rings is 1. The van der Waals surface area contributed by atoms with Gasteiger partial charge in [0.1, 0.15) is 17.3 Å². The highest BCUT2D eigenvalue weighted by Crippen LogP contribution is 2.25. The maximum Gasteiger partial charge on any atom is 0.134 e. The maximum atomic E-state index is 12.9. The largest absolute Gasteiger partial charge is 0.460 e. The molecule has 112 valence electrons. The Morgan fingerprint density at radius 2 is 2.00 bits per heavy atom. The lowest BCUT2D eigenvalue weighted by molar-refractivity contribution is 0.488. The van der Waals surface area contributed by atoms with Crippen molar-refractivity contribution in [1.29, 1.82) is 0 Å². The van der Waals surface area contributed by atoms with E-state index >= 15 is 0 Å². The standard InChI is InChI=1S/C17H20FNOS/c18-14-6-4-13(5-7-14)17-9-8-15(20-17)11-19-12-16-3-1-2-10-21-16/h4-9,16,19H,1-3,10-12H2. The van der Waals surface area contributed by atoms with E-state index in [2.05, 4.69) is 17.1 Å². The summed E-state index contributed by atoms with van der Waals surface area (Å²) in [6, 6.07) is 10.3. The van der Waals surface area contributed by atoms with Gasteiger partial charge in [0.05, 0.1) is 6.54 Å². The van der Waals surface area contributed by atoms with Gasteiger partial charge < -0.3 is 9.73 Å². The van der Waals surface area contributed by atoms with Gasteiger partial charge in [-0.3, -0.25) is 0 Å². The van der Waals surface area contributed by atoms with E-state index in [1.54, 1.807) is 12.1 Å². The zero-order chi connectivity index (χ0) is 14.5. The first-order valence-corrected chi connectivity index (χ1v) is 8.53. The Bertz CT molecular complexity index is 560. The van der Waals surface area contributed by atoms with Crippen LogP contribution >= 0.6 is 11.8 Å². The van der Waals surface area contributed by atoms with E-state index in [4.69, 9.17) is 4.42 Å². The van der Waals surface area contributed by atoms with Crippen molar-refractivity contribution in [3.63, 3.8) is 0 Å². The van der Waals surface area contributed by atoms with E-state index in [0.717, 1.165) is 35.4 Å². The highest BCUT2D eigenvalue weighted by atomic mass is 32.2. The molecule has 0 radical (unpaired) electrons. The molecule has 2 nitrogen and oxygen atoms in total. The first-order chi connectivity index (χ1) is 10.3. The fourth-order valence-electron chi connectivity index (χ4n) is 2.57. The van der Waals surface area contributed by atoms with Gasteiger partial charge in [-0.05, 0) is 55.0 Å². The van der Waals surface area contributed by atoms with Crippen LogP contribution in [-0.4, -0.2) is 17.5 Å². The van der Waals surface area contributed by atoms with E-state index in [1.165, 1.54) is 37.1 Å². The summed E-state index contributed by atoms with van der Waals surface area (Å²) in [4.78, 5) is 0. The van der Waals surface area contributed by atoms with Crippen molar-refractivity contribution in [2.45, 2.75) is 31.1 Å². The lowest BCUT2D eigenvalue weighted by Gasteiger charge is -2.21. The van der Waals surface area contributed by atoms with E-state index in [-0.39, 0.29) is 5.82 Å². The number of rotatable bonds is 5. The number of thioether (sulfide) groups is 1. The first-order valence-electron chi connectivity index (χ1n) is 7.48. The molecule has 1 aliphatic heterocycles. The fraction of sp³-hybridized carbons (Fsp3) is 0.412. The lowest BCUT2D eigenvalue weighted by Crippen LogP contribution is -2.26. The Kier molecular flexibility index (Phi) is 4.99. The molecule has 1 aromatic carbocycles. The molecule has 4 heteroatoms. The molecule has 0 saturated carbocycles. The van der Waals surface area contributed by atoms with Crippen LogP contribution in [0.5, 0.6) is 0 Å². The molecule has 0 aliphatic carbocycles. The summed E-state index contributed by atoms with van der Waals surface area (Å²) in [7, 11) is 0. The van der Waals surface area contributed by atoms with Gasteiger partial charge in [0, 0.05) is 17.4 Å². The zero-order valence-corrected chi connectivity index (χ0v) is 12.8. The molecule has 3 rings (SSSR count). The predicted molar refractivity (Wildman–Crippen MR) is 85.9 cm³/mol. The average Bonchev–Trinajstić information content (AvgIpc) is 2.98. The summed E-state index contributed by atoms with van der Waals surface area (Å²) in [5, 5.41) is 4.21. The molecule has 1 N–H and O–H groups in total. The molecule has 1 aromatic heterocycles. The molecule has 1 atom stereocenters. The normalized spacial score (nSPS) is 18.8. The van der Waals surface area contributed by atoms with E-state index in [0.29, 0.717) is 0 Å². The molecule has 1 saturated heterocycles. The number of nitrogens with one attached hydrogen (secondary N) is 1. The minimum absolute atomic E-state index is 0.225. The SMILES string of the molecule is Fc1ccc(-c2ccc(CNCC3CCCCS3)o2)cc1. The monoisotopic (exact) mass is 305 g/mol. The predicted octanol–water partition coefficient (Wildman–Crippen LogP) is 4.46. The maximum absolute atomic E-state index is 12.9. The second-order valence-corrected chi connectivity index (χ2v) is 6.80. The third-order valence-electron chi connectivity index (χ3n) is 3.74. The van der Waals surface area contributed by atoms with Crippen LogP contribution in [0.3, 0.4) is 0 Å². The van der Waals surface area contributed by atoms with Crippen LogP contribution in [0.15, 0.2) is 40.8 Å². The summed E-state index contributed by atoms with van der Waals surface area (Å²) in [6.07, 6.45) is 4.03. The quantitative estimate of drug-likeness (QED) is 0.883. The van der Waals surface area contributed by atoms with Gasteiger partial charge in [0.25, 0.3) is 0 Å². The van der Waals surface area contributed by atoms with Crippen molar-refractivity contribution in [1.82, 2.24) is 5.32 Å². The highest BCUT2D eigenvalue weighted by Gasteiger charge is 2.13. The molecule has 2 heterocycles. The van der Waals surface area contributed by atoms with Gasteiger partial charge in [-0.2, -0.15) is 11.8 Å². The van der Waals surface area contributed by atoms with Crippen molar-refractivity contribution in [3.8, 4) is 11.3 Å². The first kappa shape index (κ1) is 14.7. The van der Waals surface area contributed by atoms with Crippen LogP contribution in [-0.2, 0) is 6.54 Å². The number of halogens is 1. The van der Waals surface area contributed by atoms with Crippen molar-refractivity contribution < 1.29 is 8.81 Å². The minimum atomic E-state index is -0.225. The molecule has 2 aromatic rings. The number of hydrogen-bond acceptors (Lipinski definition) is 3. The van der Waals surface area contributed by atoms with E-state index < -0.39 is 0 Å². The second kappa shape index (κ2) is 7.14. The van der Waals surface area contributed by atoms with Gasteiger partial charge >= 0.3 is 0 Å². The number of hydrogen-bond donors (Lipinski definition) is 1. The summed E-state index contributed by atoms with van der Waals surface area (Å²) >= 11 is 2.07. The second-order valence-electron chi connectivity index (χ2n) is 5.39. The Morgan fingerprint density at radius 3 is 2.76 bits per heavy atom. The van der Waals surface area contributed by atoms with Crippen LogP contribution in [0.4, 0.5) is 4.39 Å². The molecule has 0 bridgehead atoms. The van der Waals surface area contributed by atoms with Crippen molar-refractivity contribution in [2.24, 2.45) is 0 Å². The van der Waals surface area contributed by atoms with Gasteiger partial charge in [-0.15, -0.1) is 0 Å². The fourth-order valence-corrected chi connectivity index (χ4v) is 3.84. The minimum Gasteiger partial charge on any atom is -0.460 e. The smallest absolute Gasteiger partial charge is 0.134 e. The Morgan fingerprint density at radius 1 is 1.14 bits per heavy atom. The van der Waals surface area contributed by atoms with Crippen LogP contribution < -0.4 is 5.32 Å². The molecule has 21 heavy (non-hydrogen) atoms. The van der Waals surface area contributed by atoms with Crippen molar-refractivity contribution >= 4 is 11.8 Å².